The van der Waals surface area contributed by atoms with Gasteiger partial charge in [0.15, 0.2) is 6.29 Å². The Bertz CT molecular complexity index is 1110. The van der Waals surface area contributed by atoms with Crippen molar-refractivity contribution in [1.82, 2.24) is 0 Å². The van der Waals surface area contributed by atoms with Gasteiger partial charge in [0.25, 0.3) is 0 Å². The minimum Gasteiger partial charge on any atom is -0.394 e. The van der Waals surface area contributed by atoms with Crippen molar-refractivity contribution in [2.45, 2.75) is 232 Å². The van der Waals surface area contributed by atoms with Crippen LogP contribution in [0.3, 0.4) is 0 Å². The summed E-state index contributed by atoms with van der Waals surface area (Å²) < 4.78 is 59.1. The molecule has 0 bridgehead atoms. The highest BCUT2D eigenvalue weighted by atomic mass is 16.7. The van der Waals surface area contributed by atoms with E-state index in [9.17, 15) is 0 Å². The summed E-state index contributed by atoms with van der Waals surface area (Å²) in [6.07, 6.45) is 50.2. The average Bonchev–Trinajstić information content (AvgIpc) is 3.41. The summed E-state index contributed by atoms with van der Waals surface area (Å²) in [6.45, 7) is 15.1. The van der Waals surface area contributed by atoms with Gasteiger partial charge in [0.2, 0.25) is 0 Å². The Labute approximate surface area is 469 Å². The standard InChI is InChI=1S/C63H126NO12/c1-5-7-9-11-13-15-17-19-21-23-25-27-29-31-33-38-44-73-61-62(74-45-39-34-32-30-28-26-24-22-20-18-16-14-12-10-8-6-2)60-64(3,4)41-37-35-36-40-63(75-58-56-71-54-52-69-50-48-67-46-42-65)76-59-57-72-55-53-70-51-49-68-47-43-66/h19-22,62-63,65-66H,5-18,23-61H2,1-4H3/q+1. The number of likely N-dealkylation sites (N-methyl/N-ethyl adjacent to an activating group) is 1. The van der Waals surface area contributed by atoms with Crippen molar-refractivity contribution in [3.05, 3.63) is 24.3 Å². The van der Waals surface area contributed by atoms with Gasteiger partial charge in [0.05, 0.1) is 133 Å². The van der Waals surface area contributed by atoms with Gasteiger partial charge in [0.1, 0.15) is 12.6 Å². The fourth-order valence-corrected chi connectivity index (χ4v) is 8.99. The number of rotatable bonds is 67. The fourth-order valence-electron chi connectivity index (χ4n) is 8.99. The van der Waals surface area contributed by atoms with Crippen molar-refractivity contribution in [1.29, 1.82) is 0 Å². The van der Waals surface area contributed by atoms with Crippen LogP contribution in [0.2, 0.25) is 0 Å². The zero-order valence-corrected chi connectivity index (χ0v) is 50.4. The summed E-state index contributed by atoms with van der Waals surface area (Å²) in [6, 6.07) is 0. The SMILES string of the molecule is CCCCCCCCC=CCCCCCCCCOCC(C[N+](C)(C)CCCCCC(OCCOCCOCCOCCO)OCCOCCOCCOCCO)OCCCCCCCCC=CCCCCCCCC. The quantitative estimate of drug-likeness (QED) is 0.0260. The molecule has 76 heavy (non-hydrogen) atoms. The lowest BCUT2D eigenvalue weighted by Crippen LogP contribution is -2.48. The molecule has 13 heteroatoms. The zero-order valence-electron chi connectivity index (χ0n) is 50.4. The van der Waals surface area contributed by atoms with Crippen LogP contribution in [0.15, 0.2) is 24.3 Å². The van der Waals surface area contributed by atoms with E-state index in [1.807, 2.05) is 0 Å². The van der Waals surface area contributed by atoms with E-state index in [2.05, 4.69) is 52.2 Å². The van der Waals surface area contributed by atoms with Crippen LogP contribution in [0, 0.1) is 0 Å². The number of aliphatic hydroxyl groups excluding tert-OH is 2. The van der Waals surface area contributed by atoms with Gasteiger partial charge >= 0.3 is 0 Å². The van der Waals surface area contributed by atoms with E-state index >= 15 is 0 Å². The van der Waals surface area contributed by atoms with Gasteiger partial charge in [-0.15, -0.1) is 0 Å². The van der Waals surface area contributed by atoms with Crippen molar-refractivity contribution < 1.29 is 62.1 Å². The Balaban J connectivity index is 4.80. The zero-order chi connectivity index (χ0) is 55.0. The summed E-state index contributed by atoms with van der Waals surface area (Å²) in [5.74, 6) is 0. The van der Waals surface area contributed by atoms with Crippen LogP contribution >= 0.6 is 0 Å². The highest BCUT2D eigenvalue weighted by Gasteiger charge is 2.23. The van der Waals surface area contributed by atoms with Gasteiger partial charge in [-0.2, -0.15) is 0 Å². The Kier molecular flexibility index (Phi) is 63.9. The van der Waals surface area contributed by atoms with Gasteiger partial charge in [0, 0.05) is 13.2 Å². The van der Waals surface area contributed by atoms with Crippen LogP contribution in [0.25, 0.3) is 0 Å². The van der Waals surface area contributed by atoms with E-state index < -0.39 is 0 Å². The lowest BCUT2D eigenvalue weighted by Gasteiger charge is -2.33. The van der Waals surface area contributed by atoms with Gasteiger partial charge in [-0.25, -0.2) is 0 Å². The normalized spacial score (nSPS) is 12.7. The van der Waals surface area contributed by atoms with Crippen LogP contribution in [-0.2, 0) is 47.4 Å². The van der Waals surface area contributed by atoms with Crippen molar-refractivity contribution in [2.24, 2.45) is 0 Å². The second-order valence-electron chi connectivity index (χ2n) is 21.4. The van der Waals surface area contributed by atoms with Crippen LogP contribution < -0.4 is 0 Å². The molecule has 0 spiro atoms. The molecule has 0 fully saturated rings. The predicted octanol–water partition coefficient (Wildman–Crippen LogP) is 13.5. The molecule has 1 unspecified atom stereocenters. The first-order valence-electron chi connectivity index (χ1n) is 31.7. The Morgan fingerprint density at radius 2 is 0.671 bits per heavy atom. The van der Waals surface area contributed by atoms with Crippen LogP contribution in [0.4, 0.5) is 0 Å². The Morgan fingerprint density at radius 1 is 0.329 bits per heavy atom. The molecule has 0 aromatic rings. The van der Waals surface area contributed by atoms with E-state index in [1.54, 1.807) is 0 Å². The van der Waals surface area contributed by atoms with Crippen LogP contribution in [0.5, 0.6) is 0 Å². The van der Waals surface area contributed by atoms with Crippen molar-refractivity contribution in [3.8, 4) is 0 Å². The van der Waals surface area contributed by atoms with Gasteiger partial charge in [-0.05, 0) is 89.9 Å². The molecule has 0 aliphatic rings. The van der Waals surface area contributed by atoms with Crippen LogP contribution in [0.1, 0.15) is 219 Å². The molecule has 0 radical (unpaired) electrons. The third-order valence-electron chi connectivity index (χ3n) is 13.5. The Morgan fingerprint density at radius 3 is 1.08 bits per heavy atom. The largest absolute Gasteiger partial charge is 0.394 e. The molecule has 13 nitrogen and oxygen atoms in total. The van der Waals surface area contributed by atoms with E-state index in [1.165, 1.54) is 167 Å². The molecular formula is C63H126NO12+. The molecule has 0 amide bonds. The predicted molar refractivity (Wildman–Crippen MR) is 315 cm³/mol. The minimum atomic E-state index is -0.335. The number of ether oxygens (including phenoxy) is 10. The second-order valence-corrected chi connectivity index (χ2v) is 21.4. The van der Waals surface area contributed by atoms with E-state index in [4.69, 9.17) is 57.6 Å². The number of hydrogen-bond donors (Lipinski definition) is 2. The number of nitrogens with zero attached hydrogens (tertiary/aromatic N) is 1. The summed E-state index contributed by atoms with van der Waals surface area (Å²) in [4.78, 5) is 0. The molecule has 0 saturated heterocycles. The van der Waals surface area contributed by atoms with Crippen molar-refractivity contribution in [3.63, 3.8) is 0 Å². The van der Waals surface area contributed by atoms with Gasteiger partial charge < -0.3 is 62.1 Å². The molecular weight excluding hydrogens is 963 g/mol. The number of aliphatic hydroxyl groups is 2. The van der Waals surface area contributed by atoms with E-state index in [0.717, 1.165) is 69.3 Å². The molecule has 0 aromatic carbocycles. The average molecular weight is 1090 g/mol. The number of quaternary nitrogens is 1. The van der Waals surface area contributed by atoms with E-state index in [0.29, 0.717) is 99.1 Å². The molecule has 0 aromatic heterocycles. The molecule has 0 rings (SSSR count). The molecule has 0 aliphatic heterocycles. The minimum absolute atomic E-state index is 0.0145. The summed E-state index contributed by atoms with van der Waals surface area (Å²) >= 11 is 0. The third kappa shape index (κ3) is 62.2. The number of unbranched alkanes of at least 4 members (excludes halogenated alkanes) is 26. The lowest BCUT2D eigenvalue weighted by molar-refractivity contribution is -0.893. The molecule has 1 atom stereocenters. The van der Waals surface area contributed by atoms with Crippen LogP contribution in [-0.4, -0.2) is 180 Å². The topological polar surface area (TPSA) is 133 Å². The first kappa shape index (κ1) is 75.0. The molecule has 0 saturated carbocycles. The van der Waals surface area contributed by atoms with Crippen molar-refractivity contribution >= 4 is 0 Å². The summed E-state index contributed by atoms with van der Waals surface area (Å²) in [5.41, 5.74) is 0. The Hall–Kier alpha value is -1.04. The number of hydrogen-bond acceptors (Lipinski definition) is 12. The maximum Gasteiger partial charge on any atom is 0.157 e. The van der Waals surface area contributed by atoms with E-state index in [-0.39, 0.29) is 25.6 Å². The van der Waals surface area contributed by atoms with Gasteiger partial charge in [-0.1, -0.05) is 154 Å². The molecule has 2 N–H and O–H groups in total. The highest BCUT2D eigenvalue weighted by molar-refractivity contribution is 4.82. The summed E-state index contributed by atoms with van der Waals surface area (Å²) in [7, 11) is 4.68. The molecule has 0 heterocycles. The lowest BCUT2D eigenvalue weighted by atomic mass is 10.1. The third-order valence-corrected chi connectivity index (χ3v) is 13.5. The van der Waals surface area contributed by atoms with Crippen molar-refractivity contribution in [2.75, 3.05) is 153 Å². The first-order chi connectivity index (χ1) is 37.5. The highest BCUT2D eigenvalue weighted by Crippen LogP contribution is 2.16. The summed E-state index contributed by atoms with van der Waals surface area (Å²) in [5, 5.41) is 17.6. The second kappa shape index (κ2) is 64.8. The number of allylic oxidation sites excluding steroid dienone is 4. The first-order valence-corrected chi connectivity index (χ1v) is 31.7. The smallest absolute Gasteiger partial charge is 0.157 e. The maximum atomic E-state index is 8.82. The monoisotopic (exact) mass is 1090 g/mol. The molecule has 0 aliphatic carbocycles. The molecule has 454 valence electrons. The van der Waals surface area contributed by atoms with Gasteiger partial charge in [-0.3, -0.25) is 0 Å². The fraction of sp³-hybridized carbons (Fsp3) is 0.937. The maximum absolute atomic E-state index is 8.82.